The molecule has 0 radical (unpaired) electrons. The van der Waals surface area contributed by atoms with Gasteiger partial charge in [0.15, 0.2) is 5.82 Å². The predicted molar refractivity (Wildman–Crippen MR) is 101 cm³/mol. The molecule has 1 N–H and O–H groups in total. The maximum absolute atomic E-state index is 13.1. The number of carbonyl (C=O) groups excluding carboxylic acids is 2. The van der Waals surface area contributed by atoms with Crippen LogP contribution >= 0.6 is 0 Å². The number of hydrogen-bond acceptors (Lipinski definition) is 3. The quantitative estimate of drug-likeness (QED) is 0.793. The molecule has 1 fully saturated rings. The Morgan fingerprint density at radius 3 is 2.81 bits per heavy atom. The SMILES string of the molecule is CCCCCNC(=O)c1nc(C(=O)N2CCCC(C)C2)n2c1CCCC2. The van der Waals surface area contributed by atoms with Crippen molar-refractivity contribution in [1.29, 1.82) is 0 Å². The third-order valence-corrected chi connectivity index (χ3v) is 5.53. The molecular weight excluding hydrogens is 328 g/mol. The van der Waals surface area contributed by atoms with E-state index in [9.17, 15) is 9.59 Å². The van der Waals surface area contributed by atoms with E-state index in [1.807, 2.05) is 9.47 Å². The van der Waals surface area contributed by atoms with E-state index in [1.54, 1.807) is 0 Å². The molecule has 0 saturated carbocycles. The number of amides is 2. The van der Waals surface area contributed by atoms with Crippen LogP contribution in [0, 0.1) is 5.92 Å². The van der Waals surface area contributed by atoms with E-state index in [0.29, 0.717) is 24.0 Å². The zero-order valence-corrected chi connectivity index (χ0v) is 16.2. The van der Waals surface area contributed by atoms with Crippen LogP contribution in [0.1, 0.15) is 85.6 Å². The van der Waals surface area contributed by atoms with Crippen LogP contribution in [0.4, 0.5) is 0 Å². The molecule has 1 unspecified atom stereocenters. The second-order valence-corrected chi connectivity index (χ2v) is 7.80. The molecule has 2 amide bonds. The second kappa shape index (κ2) is 8.69. The molecule has 1 atom stereocenters. The monoisotopic (exact) mass is 360 g/mol. The van der Waals surface area contributed by atoms with E-state index in [2.05, 4.69) is 24.1 Å². The van der Waals surface area contributed by atoms with E-state index >= 15 is 0 Å². The van der Waals surface area contributed by atoms with Crippen molar-refractivity contribution in [1.82, 2.24) is 19.8 Å². The molecule has 144 valence electrons. The van der Waals surface area contributed by atoms with Crippen molar-refractivity contribution in [2.75, 3.05) is 19.6 Å². The van der Waals surface area contributed by atoms with Gasteiger partial charge in [-0.25, -0.2) is 4.98 Å². The smallest absolute Gasteiger partial charge is 0.289 e. The standard InChI is InChI=1S/C20H32N4O2/c1-3-4-6-11-21-19(25)17-16-10-5-7-13-24(16)18(22-17)20(26)23-12-8-9-15(2)14-23/h15H,3-14H2,1-2H3,(H,21,25). The normalized spacial score (nSPS) is 19.9. The number of rotatable bonds is 6. The van der Waals surface area contributed by atoms with Crippen LogP contribution in [0.3, 0.4) is 0 Å². The van der Waals surface area contributed by atoms with Gasteiger partial charge < -0.3 is 14.8 Å². The van der Waals surface area contributed by atoms with Gasteiger partial charge in [0.25, 0.3) is 11.8 Å². The van der Waals surface area contributed by atoms with Crippen molar-refractivity contribution in [3.05, 3.63) is 17.2 Å². The molecule has 2 aliphatic heterocycles. The average Bonchev–Trinajstić information content (AvgIpc) is 3.04. The first kappa shape index (κ1) is 18.9. The summed E-state index contributed by atoms with van der Waals surface area (Å²) in [5.41, 5.74) is 1.41. The van der Waals surface area contributed by atoms with Gasteiger partial charge in [-0.1, -0.05) is 26.7 Å². The van der Waals surface area contributed by atoms with Crippen molar-refractivity contribution in [3.8, 4) is 0 Å². The fourth-order valence-corrected chi connectivity index (χ4v) is 4.06. The lowest BCUT2D eigenvalue weighted by Crippen LogP contribution is -2.40. The second-order valence-electron chi connectivity index (χ2n) is 7.80. The molecule has 6 nitrogen and oxygen atoms in total. The van der Waals surface area contributed by atoms with Crippen molar-refractivity contribution in [2.45, 2.75) is 71.8 Å². The number of imidazole rings is 1. The van der Waals surface area contributed by atoms with Crippen LogP contribution in [0.15, 0.2) is 0 Å². The minimum atomic E-state index is -0.127. The first-order valence-electron chi connectivity index (χ1n) is 10.3. The summed E-state index contributed by atoms with van der Waals surface area (Å²) in [6.07, 6.45) is 8.36. The molecule has 0 aliphatic carbocycles. The lowest BCUT2D eigenvalue weighted by Gasteiger charge is -2.31. The fraction of sp³-hybridized carbons (Fsp3) is 0.750. The molecule has 1 aromatic heterocycles. The summed E-state index contributed by atoms with van der Waals surface area (Å²) >= 11 is 0. The van der Waals surface area contributed by atoms with Crippen LogP contribution in [-0.4, -0.2) is 45.9 Å². The van der Waals surface area contributed by atoms with E-state index in [0.717, 1.165) is 70.3 Å². The molecule has 0 spiro atoms. The van der Waals surface area contributed by atoms with Gasteiger partial charge in [-0.2, -0.15) is 0 Å². The van der Waals surface area contributed by atoms with Gasteiger partial charge in [0.1, 0.15) is 5.69 Å². The Morgan fingerprint density at radius 1 is 1.19 bits per heavy atom. The highest BCUT2D eigenvalue weighted by molar-refractivity contribution is 5.97. The van der Waals surface area contributed by atoms with Crippen LogP contribution in [0.25, 0.3) is 0 Å². The van der Waals surface area contributed by atoms with Gasteiger partial charge in [0.2, 0.25) is 0 Å². The van der Waals surface area contributed by atoms with E-state index < -0.39 is 0 Å². The third-order valence-electron chi connectivity index (χ3n) is 5.53. The topological polar surface area (TPSA) is 67.2 Å². The third kappa shape index (κ3) is 4.10. The molecular formula is C20H32N4O2. The number of nitrogens with one attached hydrogen (secondary N) is 1. The van der Waals surface area contributed by atoms with Gasteiger partial charge in [-0.3, -0.25) is 9.59 Å². The number of nitrogens with zero attached hydrogens (tertiary/aromatic N) is 3. The van der Waals surface area contributed by atoms with Crippen LogP contribution in [0.2, 0.25) is 0 Å². The fourth-order valence-electron chi connectivity index (χ4n) is 4.06. The molecule has 3 rings (SSSR count). The minimum absolute atomic E-state index is 0.00951. The minimum Gasteiger partial charge on any atom is -0.351 e. The zero-order chi connectivity index (χ0) is 18.5. The molecule has 6 heteroatoms. The number of likely N-dealkylation sites (tertiary alicyclic amines) is 1. The molecule has 26 heavy (non-hydrogen) atoms. The van der Waals surface area contributed by atoms with Gasteiger partial charge >= 0.3 is 0 Å². The van der Waals surface area contributed by atoms with Crippen LogP contribution in [-0.2, 0) is 13.0 Å². The lowest BCUT2D eigenvalue weighted by atomic mass is 10.0. The summed E-state index contributed by atoms with van der Waals surface area (Å²) in [5.74, 6) is 0.861. The van der Waals surface area contributed by atoms with Gasteiger partial charge in [0, 0.05) is 26.2 Å². The Hall–Kier alpha value is -1.85. The average molecular weight is 361 g/mol. The Morgan fingerprint density at radius 2 is 2.04 bits per heavy atom. The number of fused-ring (bicyclic) bond motifs is 1. The summed E-state index contributed by atoms with van der Waals surface area (Å²) in [4.78, 5) is 32.2. The zero-order valence-electron chi connectivity index (χ0n) is 16.2. The molecule has 3 heterocycles. The first-order valence-corrected chi connectivity index (χ1v) is 10.3. The summed E-state index contributed by atoms with van der Waals surface area (Å²) in [7, 11) is 0. The largest absolute Gasteiger partial charge is 0.351 e. The number of unbranched alkanes of at least 4 members (excludes halogenated alkanes) is 2. The molecule has 1 aromatic rings. The Kier molecular flexibility index (Phi) is 6.33. The van der Waals surface area contributed by atoms with Gasteiger partial charge in [-0.15, -0.1) is 0 Å². The van der Waals surface area contributed by atoms with Crippen molar-refractivity contribution in [2.24, 2.45) is 5.92 Å². The maximum atomic E-state index is 13.1. The van der Waals surface area contributed by atoms with E-state index in [-0.39, 0.29) is 11.8 Å². The van der Waals surface area contributed by atoms with Crippen molar-refractivity contribution in [3.63, 3.8) is 0 Å². The summed E-state index contributed by atoms with van der Waals surface area (Å²) in [6.45, 7) is 7.38. The van der Waals surface area contributed by atoms with Crippen LogP contribution < -0.4 is 5.32 Å². The maximum Gasteiger partial charge on any atom is 0.289 e. The Bertz CT molecular complexity index is 652. The summed E-state index contributed by atoms with van der Waals surface area (Å²) in [5, 5.41) is 2.98. The van der Waals surface area contributed by atoms with Crippen LogP contribution in [0.5, 0.6) is 0 Å². The predicted octanol–water partition coefficient (Wildman–Crippen LogP) is 3.01. The van der Waals surface area contributed by atoms with E-state index in [4.69, 9.17) is 0 Å². The molecule has 0 bridgehead atoms. The number of aromatic nitrogens is 2. The van der Waals surface area contributed by atoms with Gasteiger partial charge in [-0.05, 0) is 44.4 Å². The summed E-state index contributed by atoms with van der Waals surface area (Å²) in [6, 6.07) is 0. The Labute approximate surface area is 156 Å². The number of piperidine rings is 1. The first-order chi connectivity index (χ1) is 12.6. The Balaban J connectivity index is 1.79. The number of hydrogen-bond donors (Lipinski definition) is 1. The highest BCUT2D eigenvalue weighted by Gasteiger charge is 2.31. The number of carbonyl (C=O) groups is 2. The lowest BCUT2D eigenvalue weighted by molar-refractivity contribution is 0.0664. The van der Waals surface area contributed by atoms with E-state index in [1.165, 1.54) is 6.42 Å². The molecule has 2 aliphatic rings. The molecule has 1 saturated heterocycles. The highest BCUT2D eigenvalue weighted by Crippen LogP contribution is 2.24. The summed E-state index contributed by atoms with van der Waals surface area (Å²) < 4.78 is 2.01. The highest BCUT2D eigenvalue weighted by atomic mass is 16.2. The molecule has 0 aromatic carbocycles. The van der Waals surface area contributed by atoms with Crippen molar-refractivity contribution < 1.29 is 9.59 Å². The van der Waals surface area contributed by atoms with Crippen molar-refractivity contribution >= 4 is 11.8 Å². The van der Waals surface area contributed by atoms with Gasteiger partial charge in [0.05, 0.1) is 5.69 Å².